The van der Waals surface area contributed by atoms with Gasteiger partial charge in [-0.3, -0.25) is 4.79 Å². The fourth-order valence-corrected chi connectivity index (χ4v) is 3.81. The zero-order valence-corrected chi connectivity index (χ0v) is 14.3. The van der Waals surface area contributed by atoms with Crippen LogP contribution in [0, 0.1) is 0 Å². The Balaban J connectivity index is 1.55. The maximum absolute atomic E-state index is 12.4. The van der Waals surface area contributed by atoms with Gasteiger partial charge in [-0.1, -0.05) is 42.1 Å². The van der Waals surface area contributed by atoms with E-state index in [1.165, 1.54) is 11.8 Å². The quantitative estimate of drug-likeness (QED) is 0.388. The van der Waals surface area contributed by atoms with Crippen molar-refractivity contribution < 1.29 is 4.42 Å². The molecule has 3 heterocycles. The van der Waals surface area contributed by atoms with Gasteiger partial charge in [0, 0.05) is 10.8 Å². The van der Waals surface area contributed by atoms with Crippen molar-refractivity contribution in [3.63, 3.8) is 0 Å². The summed E-state index contributed by atoms with van der Waals surface area (Å²) in [6.45, 7) is 0. The first-order chi connectivity index (χ1) is 12.8. The molecule has 0 atom stereocenters. The van der Waals surface area contributed by atoms with Crippen LogP contribution in [0.4, 0.5) is 0 Å². The molecule has 0 aliphatic heterocycles. The fourth-order valence-electron chi connectivity index (χ4n) is 2.95. The predicted molar refractivity (Wildman–Crippen MR) is 101 cm³/mol. The molecule has 0 unspecified atom stereocenters. The van der Waals surface area contributed by atoms with Crippen molar-refractivity contribution in [3.05, 3.63) is 71.0 Å². The minimum Gasteiger partial charge on any atom is -0.449 e. The van der Waals surface area contributed by atoms with Crippen LogP contribution in [0.3, 0.4) is 0 Å². The highest BCUT2D eigenvalue weighted by molar-refractivity contribution is 7.98. The largest absolute Gasteiger partial charge is 0.449 e. The molecule has 126 valence electrons. The number of para-hydroxylation sites is 2. The van der Waals surface area contributed by atoms with Gasteiger partial charge in [-0.25, -0.2) is 15.0 Å². The summed E-state index contributed by atoms with van der Waals surface area (Å²) >= 11 is 1.51. The molecule has 1 N–H and O–H groups in total. The van der Waals surface area contributed by atoms with E-state index >= 15 is 0 Å². The number of aromatic nitrogens is 4. The van der Waals surface area contributed by atoms with E-state index in [2.05, 4.69) is 19.9 Å². The average Bonchev–Trinajstić information content (AvgIpc) is 3.06. The van der Waals surface area contributed by atoms with E-state index in [-0.39, 0.29) is 11.1 Å². The van der Waals surface area contributed by atoms with E-state index in [1.54, 1.807) is 6.33 Å². The lowest BCUT2D eigenvalue weighted by Crippen LogP contribution is -2.10. The third-order valence-corrected chi connectivity index (χ3v) is 5.15. The number of fused-ring (bicyclic) bond motifs is 4. The Bertz CT molecular complexity index is 1320. The molecule has 0 saturated heterocycles. The van der Waals surface area contributed by atoms with E-state index in [4.69, 9.17) is 4.42 Å². The molecular weight excluding hydrogens is 348 g/mol. The number of nitrogens with zero attached hydrogens (tertiary/aromatic N) is 3. The van der Waals surface area contributed by atoms with E-state index in [9.17, 15) is 4.79 Å². The minimum atomic E-state index is -0.269. The van der Waals surface area contributed by atoms with Crippen LogP contribution in [0.1, 0.15) is 5.82 Å². The molecule has 5 rings (SSSR count). The first-order valence-corrected chi connectivity index (χ1v) is 9.01. The van der Waals surface area contributed by atoms with Gasteiger partial charge in [0.25, 0.3) is 5.56 Å². The molecule has 0 fully saturated rings. The van der Waals surface area contributed by atoms with E-state index in [0.717, 1.165) is 21.3 Å². The molecule has 0 radical (unpaired) electrons. The van der Waals surface area contributed by atoms with Gasteiger partial charge in [-0.15, -0.1) is 0 Å². The number of H-pyrrole nitrogens is 1. The molecule has 0 bridgehead atoms. The molecule has 0 saturated carbocycles. The van der Waals surface area contributed by atoms with Gasteiger partial charge >= 0.3 is 0 Å². The standard InChI is InChI=1S/C19H12N4O2S/c24-18-17-16(12-6-2-4-8-14(12)25-17)22-15(23-18)9-26-19-11-5-1-3-7-13(11)20-10-21-19/h1-8,10H,9H2,(H,22,23,24). The molecule has 3 aromatic heterocycles. The van der Waals surface area contributed by atoms with Crippen molar-refractivity contribution in [3.8, 4) is 0 Å². The Hall–Kier alpha value is -3.19. The number of furan rings is 1. The zero-order valence-electron chi connectivity index (χ0n) is 13.5. The Kier molecular flexibility index (Phi) is 3.46. The molecule has 6 nitrogen and oxygen atoms in total. The first-order valence-electron chi connectivity index (χ1n) is 8.02. The van der Waals surface area contributed by atoms with Crippen LogP contribution in [0.25, 0.3) is 33.0 Å². The number of thioether (sulfide) groups is 1. The second-order valence-corrected chi connectivity index (χ2v) is 6.74. The molecule has 26 heavy (non-hydrogen) atoms. The second-order valence-electron chi connectivity index (χ2n) is 5.77. The predicted octanol–water partition coefficient (Wildman–Crippen LogP) is 3.90. The second kappa shape index (κ2) is 5.96. The van der Waals surface area contributed by atoms with E-state index in [1.807, 2.05) is 48.5 Å². The summed E-state index contributed by atoms with van der Waals surface area (Å²) in [5.74, 6) is 1.08. The number of benzene rings is 2. The highest BCUT2D eigenvalue weighted by Crippen LogP contribution is 2.28. The molecular formula is C19H12N4O2S. The molecule has 0 amide bonds. The number of hydrogen-bond acceptors (Lipinski definition) is 6. The number of aromatic amines is 1. The van der Waals surface area contributed by atoms with Gasteiger partial charge in [-0.05, 0) is 18.2 Å². The normalized spacial score (nSPS) is 11.5. The topological polar surface area (TPSA) is 84.7 Å². The highest BCUT2D eigenvalue weighted by atomic mass is 32.2. The SMILES string of the molecule is O=c1[nH]c(CSc2ncnc3ccccc23)nc2c1oc1ccccc12. The minimum absolute atomic E-state index is 0.257. The van der Waals surface area contributed by atoms with Gasteiger partial charge in [0.05, 0.1) is 11.3 Å². The summed E-state index contributed by atoms with van der Waals surface area (Å²) in [5, 5.41) is 2.68. The van der Waals surface area contributed by atoms with Gasteiger partial charge in [-0.2, -0.15) is 0 Å². The maximum Gasteiger partial charge on any atom is 0.294 e. The van der Waals surface area contributed by atoms with Gasteiger partial charge < -0.3 is 9.40 Å². The van der Waals surface area contributed by atoms with Gasteiger partial charge in [0.2, 0.25) is 5.58 Å². The molecule has 0 spiro atoms. The van der Waals surface area contributed by atoms with Crippen LogP contribution in [-0.4, -0.2) is 19.9 Å². The zero-order chi connectivity index (χ0) is 17.5. The van der Waals surface area contributed by atoms with Crippen molar-refractivity contribution in [2.75, 3.05) is 0 Å². The van der Waals surface area contributed by atoms with Crippen molar-refractivity contribution in [1.82, 2.24) is 19.9 Å². The number of nitrogens with one attached hydrogen (secondary N) is 1. The Morgan fingerprint density at radius 2 is 1.81 bits per heavy atom. The van der Waals surface area contributed by atoms with Crippen molar-refractivity contribution in [2.45, 2.75) is 10.8 Å². The molecule has 7 heteroatoms. The Morgan fingerprint density at radius 1 is 1.00 bits per heavy atom. The van der Waals surface area contributed by atoms with E-state index < -0.39 is 0 Å². The summed E-state index contributed by atoms with van der Waals surface area (Å²) in [4.78, 5) is 28.4. The van der Waals surface area contributed by atoms with Crippen LogP contribution in [0.5, 0.6) is 0 Å². The van der Waals surface area contributed by atoms with Crippen LogP contribution in [0.15, 0.2) is 69.1 Å². The summed E-state index contributed by atoms with van der Waals surface area (Å²) in [7, 11) is 0. The highest BCUT2D eigenvalue weighted by Gasteiger charge is 2.13. The molecule has 0 aliphatic carbocycles. The van der Waals surface area contributed by atoms with Crippen molar-refractivity contribution in [2.24, 2.45) is 0 Å². The molecule has 2 aromatic carbocycles. The van der Waals surface area contributed by atoms with Crippen LogP contribution in [0.2, 0.25) is 0 Å². The molecule has 0 aliphatic rings. The Morgan fingerprint density at radius 3 is 2.73 bits per heavy atom. The first kappa shape index (κ1) is 15.1. The average molecular weight is 360 g/mol. The fraction of sp³-hybridized carbons (Fsp3) is 0.0526. The van der Waals surface area contributed by atoms with Crippen LogP contribution < -0.4 is 5.56 Å². The summed E-state index contributed by atoms with van der Waals surface area (Å²) in [6, 6.07) is 15.4. The monoisotopic (exact) mass is 360 g/mol. The van der Waals surface area contributed by atoms with Crippen LogP contribution in [-0.2, 0) is 5.75 Å². The number of rotatable bonds is 3. The summed E-state index contributed by atoms with van der Waals surface area (Å²) in [5.41, 5.74) is 2.13. The number of hydrogen-bond donors (Lipinski definition) is 1. The lowest BCUT2D eigenvalue weighted by Gasteiger charge is -2.04. The smallest absolute Gasteiger partial charge is 0.294 e. The Labute approximate surface area is 151 Å². The summed E-state index contributed by atoms with van der Waals surface area (Å²) in [6.07, 6.45) is 1.55. The maximum atomic E-state index is 12.4. The van der Waals surface area contributed by atoms with Crippen LogP contribution >= 0.6 is 11.8 Å². The third kappa shape index (κ3) is 2.44. The lowest BCUT2D eigenvalue weighted by molar-refractivity contribution is 0.660. The molecule has 5 aromatic rings. The van der Waals surface area contributed by atoms with Crippen molar-refractivity contribution in [1.29, 1.82) is 0 Å². The summed E-state index contributed by atoms with van der Waals surface area (Å²) < 4.78 is 5.62. The van der Waals surface area contributed by atoms with Gasteiger partial charge in [0.1, 0.15) is 28.3 Å². The van der Waals surface area contributed by atoms with E-state index in [0.29, 0.717) is 22.7 Å². The van der Waals surface area contributed by atoms with Gasteiger partial charge in [0.15, 0.2) is 0 Å². The lowest BCUT2D eigenvalue weighted by atomic mass is 10.2. The third-order valence-electron chi connectivity index (χ3n) is 4.13. The van der Waals surface area contributed by atoms with Crippen molar-refractivity contribution >= 4 is 44.7 Å².